The lowest BCUT2D eigenvalue weighted by Gasteiger charge is -1.98. The standard InChI is InChI=1S/C6H3BrClNO3/c7-4-1-3(10)2-5(6(4)8)9(11)12/h1-2,10H. The van der Waals surface area contributed by atoms with Crippen LogP contribution in [0.25, 0.3) is 0 Å². The summed E-state index contributed by atoms with van der Waals surface area (Å²) in [5, 5.41) is 19.3. The lowest BCUT2D eigenvalue weighted by Crippen LogP contribution is -1.89. The highest BCUT2D eigenvalue weighted by Gasteiger charge is 2.16. The lowest BCUT2D eigenvalue weighted by atomic mass is 10.3. The predicted octanol–water partition coefficient (Wildman–Crippen LogP) is 2.72. The fraction of sp³-hybridized carbons (Fsp3) is 0. The molecule has 0 saturated heterocycles. The van der Waals surface area contributed by atoms with E-state index in [-0.39, 0.29) is 16.5 Å². The zero-order valence-corrected chi connectivity index (χ0v) is 7.96. The largest absolute Gasteiger partial charge is 0.508 e. The number of nitrogens with zero attached hydrogens (tertiary/aromatic N) is 1. The van der Waals surface area contributed by atoms with Crippen LogP contribution in [0.3, 0.4) is 0 Å². The Balaban J connectivity index is 3.37. The van der Waals surface area contributed by atoms with Crippen molar-refractivity contribution in [2.24, 2.45) is 0 Å². The molecule has 0 unspecified atom stereocenters. The maximum absolute atomic E-state index is 10.3. The van der Waals surface area contributed by atoms with E-state index in [9.17, 15) is 10.1 Å². The topological polar surface area (TPSA) is 63.4 Å². The molecule has 0 amide bonds. The molecular weight excluding hydrogens is 249 g/mol. The summed E-state index contributed by atoms with van der Waals surface area (Å²) in [5.74, 6) is -0.196. The van der Waals surface area contributed by atoms with E-state index in [0.29, 0.717) is 4.47 Å². The molecule has 1 aromatic rings. The first-order chi connectivity index (χ1) is 5.52. The van der Waals surface area contributed by atoms with Gasteiger partial charge in [-0.2, -0.15) is 0 Å². The Morgan fingerprint density at radius 3 is 2.67 bits per heavy atom. The predicted molar refractivity (Wildman–Crippen MR) is 47.5 cm³/mol. The number of halogens is 2. The van der Waals surface area contributed by atoms with Crippen molar-refractivity contribution in [3.63, 3.8) is 0 Å². The number of phenolic OH excluding ortho intramolecular Hbond substituents is 1. The molecule has 1 N–H and O–H groups in total. The minimum absolute atomic E-state index is 0.0159. The molecule has 1 rings (SSSR count). The van der Waals surface area contributed by atoms with Gasteiger partial charge in [0.2, 0.25) is 0 Å². The van der Waals surface area contributed by atoms with Gasteiger partial charge in [-0.25, -0.2) is 0 Å². The summed E-state index contributed by atoms with van der Waals surface area (Å²) in [6.45, 7) is 0. The molecule has 0 heterocycles. The van der Waals surface area contributed by atoms with E-state index in [0.717, 1.165) is 6.07 Å². The van der Waals surface area contributed by atoms with Gasteiger partial charge in [-0.05, 0) is 22.0 Å². The number of rotatable bonds is 1. The first kappa shape index (κ1) is 9.28. The van der Waals surface area contributed by atoms with Crippen LogP contribution in [0.15, 0.2) is 16.6 Å². The van der Waals surface area contributed by atoms with Crippen molar-refractivity contribution in [1.29, 1.82) is 0 Å². The van der Waals surface area contributed by atoms with Crippen LogP contribution in [0, 0.1) is 10.1 Å². The fourth-order valence-electron chi connectivity index (χ4n) is 0.694. The number of benzene rings is 1. The maximum atomic E-state index is 10.3. The average Bonchev–Trinajstić information content (AvgIpc) is 1.96. The van der Waals surface area contributed by atoms with Crippen LogP contribution in [0.5, 0.6) is 5.75 Å². The van der Waals surface area contributed by atoms with Crippen LogP contribution in [0.4, 0.5) is 5.69 Å². The van der Waals surface area contributed by atoms with Gasteiger partial charge in [0.15, 0.2) is 0 Å². The Morgan fingerprint density at radius 1 is 1.58 bits per heavy atom. The Kier molecular flexibility index (Phi) is 2.54. The molecule has 0 aliphatic rings. The monoisotopic (exact) mass is 251 g/mol. The second-order valence-electron chi connectivity index (χ2n) is 2.02. The van der Waals surface area contributed by atoms with E-state index in [1.807, 2.05) is 0 Å². The Labute approximate surface area is 81.0 Å². The molecule has 0 fully saturated rings. The van der Waals surface area contributed by atoms with Gasteiger partial charge in [0.1, 0.15) is 10.8 Å². The van der Waals surface area contributed by atoms with E-state index < -0.39 is 4.92 Å². The number of aromatic hydroxyl groups is 1. The molecule has 0 spiro atoms. The summed E-state index contributed by atoms with van der Waals surface area (Å²) >= 11 is 8.53. The lowest BCUT2D eigenvalue weighted by molar-refractivity contribution is -0.384. The van der Waals surface area contributed by atoms with Gasteiger partial charge in [0.25, 0.3) is 5.69 Å². The molecule has 0 radical (unpaired) electrons. The molecule has 4 nitrogen and oxygen atoms in total. The minimum atomic E-state index is -0.660. The molecule has 0 aliphatic carbocycles. The third-order valence-corrected chi connectivity index (χ3v) is 2.44. The number of hydrogen-bond acceptors (Lipinski definition) is 3. The highest BCUT2D eigenvalue weighted by molar-refractivity contribution is 9.10. The Morgan fingerprint density at radius 2 is 2.17 bits per heavy atom. The number of nitro groups is 1. The third-order valence-electron chi connectivity index (χ3n) is 1.19. The van der Waals surface area contributed by atoms with Gasteiger partial charge in [0, 0.05) is 4.47 Å². The molecule has 64 valence electrons. The van der Waals surface area contributed by atoms with Crippen molar-refractivity contribution < 1.29 is 10.0 Å². The van der Waals surface area contributed by atoms with E-state index in [2.05, 4.69) is 15.9 Å². The van der Waals surface area contributed by atoms with Crippen molar-refractivity contribution in [2.45, 2.75) is 0 Å². The summed E-state index contributed by atoms with van der Waals surface area (Å²) < 4.78 is 0.302. The van der Waals surface area contributed by atoms with Crippen molar-refractivity contribution in [2.75, 3.05) is 0 Å². The zero-order valence-electron chi connectivity index (χ0n) is 5.62. The van der Waals surface area contributed by atoms with Crippen molar-refractivity contribution in [3.05, 3.63) is 31.7 Å². The van der Waals surface area contributed by atoms with Gasteiger partial charge >= 0.3 is 0 Å². The third kappa shape index (κ3) is 1.67. The van der Waals surface area contributed by atoms with Crippen LogP contribution < -0.4 is 0 Å². The molecular formula is C6H3BrClNO3. The normalized spacial score (nSPS) is 9.83. The van der Waals surface area contributed by atoms with E-state index in [1.54, 1.807) is 0 Å². The first-order valence-electron chi connectivity index (χ1n) is 2.85. The summed E-state index contributed by atoms with van der Waals surface area (Å²) in [5.41, 5.74) is -0.316. The van der Waals surface area contributed by atoms with Crippen LogP contribution in [0.2, 0.25) is 5.02 Å². The van der Waals surface area contributed by atoms with Gasteiger partial charge in [-0.3, -0.25) is 10.1 Å². The van der Waals surface area contributed by atoms with Gasteiger partial charge < -0.3 is 5.11 Å². The first-order valence-corrected chi connectivity index (χ1v) is 4.02. The molecule has 0 aromatic heterocycles. The smallest absolute Gasteiger partial charge is 0.292 e. The Hall–Kier alpha value is -0.810. The SMILES string of the molecule is O=[N+]([O-])c1cc(O)cc(Br)c1Cl. The van der Waals surface area contributed by atoms with Crippen LogP contribution in [0.1, 0.15) is 0 Å². The van der Waals surface area contributed by atoms with Crippen molar-refractivity contribution in [3.8, 4) is 5.75 Å². The second-order valence-corrected chi connectivity index (χ2v) is 3.25. The molecule has 12 heavy (non-hydrogen) atoms. The molecule has 1 aromatic carbocycles. The maximum Gasteiger partial charge on any atom is 0.292 e. The van der Waals surface area contributed by atoms with E-state index in [4.69, 9.17) is 16.7 Å². The van der Waals surface area contributed by atoms with Crippen LogP contribution in [-0.4, -0.2) is 10.0 Å². The average molecular weight is 252 g/mol. The van der Waals surface area contributed by atoms with Crippen molar-refractivity contribution in [1.82, 2.24) is 0 Å². The van der Waals surface area contributed by atoms with E-state index in [1.165, 1.54) is 6.07 Å². The molecule has 0 bridgehead atoms. The summed E-state index contributed by atoms with van der Waals surface area (Å²) in [6.07, 6.45) is 0. The number of nitro benzene ring substituents is 1. The second kappa shape index (κ2) is 3.28. The zero-order chi connectivity index (χ0) is 9.30. The highest BCUT2D eigenvalue weighted by atomic mass is 79.9. The number of hydrogen-bond donors (Lipinski definition) is 1. The van der Waals surface area contributed by atoms with Gasteiger partial charge in [-0.15, -0.1) is 0 Å². The van der Waals surface area contributed by atoms with Gasteiger partial charge in [0.05, 0.1) is 11.0 Å². The summed E-state index contributed by atoms with van der Waals surface area (Å²) in [4.78, 5) is 9.66. The van der Waals surface area contributed by atoms with E-state index >= 15 is 0 Å². The summed E-state index contributed by atoms with van der Waals surface area (Å²) in [6, 6.07) is 2.28. The molecule has 0 aliphatic heterocycles. The summed E-state index contributed by atoms with van der Waals surface area (Å²) in [7, 11) is 0. The molecule has 0 saturated carbocycles. The molecule has 6 heteroatoms. The Bertz CT molecular complexity index is 342. The van der Waals surface area contributed by atoms with Crippen LogP contribution >= 0.6 is 27.5 Å². The fourth-order valence-corrected chi connectivity index (χ4v) is 1.31. The number of phenols is 1. The van der Waals surface area contributed by atoms with Crippen molar-refractivity contribution >= 4 is 33.2 Å². The molecule has 0 atom stereocenters. The quantitative estimate of drug-likeness (QED) is 0.617. The highest BCUT2D eigenvalue weighted by Crippen LogP contribution is 2.35. The minimum Gasteiger partial charge on any atom is -0.508 e. The van der Waals surface area contributed by atoms with Crippen LogP contribution in [-0.2, 0) is 0 Å². The van der Waals surface area contributed by atoms with Gasteiger partial charge in [-0.1, -0.05) is 11.6 Å².